The van der Waals surface area contributed by atoms with Crippen LogP contribution < -0.4 is 5.73 Å². The molecule has 0 saturated heterocycles. The van der Waals surface area contributed by atoms with Gasteiger partial charge in [-0.15, -0.1) is 0 Å². The van der Waals surface area contributed by atoms with Gasteiger partial charge in [-0.25, -0.2) is 4.98 Å². The molecule has 6 heteroatoms. The fourth-order valence-electron chi connectivity index (χ4n) is 2.30. The number of imidazole rings is 1. The molecular weight excluding hydrogens is 284 g/mol. The van der Waals surface area contributed by atoms with E-state index < -0.39 is 0 Å². The van der Waals surface area contributed by atoms with Crippen LogP contribution in [0.4, 0.5) is 0 Å². The fourth-order valence-corrected chi connectivity index (χ4v) is 3.08. The maximum atomic E-state index is 11.0. The number of likely N-dealkylation sites (N-methyl/N-ethyl adjacent to an activating group) is 1. The highest BCUT2D eigenvalue weighted by molar-refractivity contribution is 7.99. The number of nitrogens with two attached hydrogens (primary N) is 1. The molecule has 0 radical (unpaired) electrons. The maximum Gasteiger partial charge on any atom is 0.227 e. The van der Waals surface area contributed by atoms with Crippen LogP contribution in [0.3, 0.4) is 0 Å². The maximum absolute atomic E-state index is 11.0. The highest BCUT2D eigenvalue weighted by Gasteiger charge is 2.12. The number of primary amides is 1. The molecule has 0 unspecified atom stereocenters. The number of nitrogens with zero attached hydrogens (tertiary/aromatic N) is 3. The minimum Gasteiger partial charge on any atom is -0.369 e. The molecule has 0 spiro atoms. The minimum atomic E-state index is -0.317. The fraction of sp³-hybridized carbons (Fsp3) is 0.467. The van der Waals surface area contributed by atoms with Crippen molar-refractivity contribution in [2.75, 3.05) is 25.4 Å². The number of benzene rings is 1. The Morgan fingerprint density at radius 1 is 1.33 bits per heavy atom. The van der Waals surface area contributed by atoms with Gasteiger partial charge in [-0.2, -0.15) is 0 Å². The van der Waals surface area contributed by atoms with E-state index in [1.54, 1.807) is 0 Å². The number of hydrogen-bond acceptors (Lipinski definition) is 4. The summed E-state index contributed by atoms with van der Waals surface area (Å²) in [7, 11) is 0. The van der Waals surface area contributed by atoms with Crippen molar-refractivity contribution >= 4 is 28.7 Å². The molecule has 0 atom stereocenters. The summed E-state index contributed by atoms with van der Waals surface area (Å²) in [6, 6.07) is 8.06. The van der Waals surface area contributed by atoms with Crippen LogP contribution in [0, 0.1) is 0 Å². The Balaban J connectivity index is 2.24. The van der Waals surface area contributed by atoms with E-state index in [1.807, 2.05) is 18.2 Å². The smallest absolute Gasteiger partial charge is 0.227 e. The number of rotatable bonds is 8. The van der Waals surface area contributed by atoms with Crippen LogP contribution in [0.1, 0.15) is 13.8 Å². The molecule has 0 aliphatic heterocycles. The van der Waals surface area contributed by atoms with Crippen molar-refractivity contribution < 1.29 is 4.79 Å². The number of amides is 1. The first-order valence-corrected chi connectivity index (χ1v) is 8.23. The van der Waals surface area contributed by atoms with Crippen LogP contribution in [0.2, 0.25) is 0 Å². The number of carbonyl (C=O) groups is 1. The first-order valence-electron chi connectivity index (χ1n) is 7.24. The highest BCUT2D eigenvalue weighted by atomic mass is 32.2. The number of fused-ring (bicyclic) bond motifs is 1. The van der Waals surface area contributed by atoms with Crippen molar-refractivity contribution in [2.45, 2.75) is 25.5 Å². The lowest BCUT2D eigenvalue weighted by molar-refractivity contribution is -0.115. The van der Waals surface area contributed by atoms with Crippen LogP contribution in [-0.2, 0) is 11.3 Å². The lowest BCUT2D eigenvalue weighted by Crippen LogP contribution is -2.27. The van der Waals surface area contributed by atoms with Gasteiger partial charge in [0.1, 0.15) is 0 Å². The normalized spacial score (nSPS) is 11.4. The molecule has 2 N–H and O–H groups in total. The van der Waals surface area contributed by atoms with Gasteiger partial charge in [0, 0.05) is 13.1 Å². The zero-order valence-corrected chi connectivity index (χ0v) is 13.4. The average molecular weight is 306 g/mol. The lowest BCUT2D eigenvalue weighted by Gasteiger charge is -2.19. The Hall–Kier alpha value is -1.53. The van der Waals surface area contributed by atoms with Crippen LogP contribution in [0.5, 0.6) is 0 Å². The third-order valence-corrected chi connectivity index (χ3v) is 4.50. The molecule has 1 aromatic carbocycles. The molecule has 5 nitrogen and oxygen atoms in total. The summed E-state index contributed by atoms with van der Waals surface area (Å²) in [6.07, 6.45) is 0. The van der Waals surface area contributed by atoms with Crippen molar-refractivity contribution in [1.29, 1.82) is 0 Å². The standard InChI is InChI=1S/C15H22N4OS/c1-3-18(4-2)9-10-19-13-8-6-5-7-12(13)17-15(19)21-11-14(16)20/h5-8H,3-4,9-11H2,1-2H3,(H2,16,20). The van der Waals surface area contributed by atoms with Crippen molar-refractivity contribution in [1.82, 2.24) is 14.5 Å². The second-order valence-electron chi connectivity index (χ2n) is 4.82. The van der Waals surface area contributed by atoms with Crippen molar-refractivity contribution in [2.24, 2.45) is 5.73 Å². The summed E-state index contributed by atoms with van der Waals surface area (Å²) in [5, 5.41) is 0.863. The summed E-state index contributed by atoms with van der Waals surface area (Å²) >= 11 is 1.41. The molecule has 21 heavy (non-hydrogen) atoms. The average Bonchev–Trinajstić information content (AvgIpc) is 2.84. The van der Waals surface area contributed by atoms with E-state index in [0.29, 0.717) is 0 Å². The van der Waals surface area contributed by atoms with Crippen LogP contribution >= 0.6 is 11.8 Å². The van der Waals surface area contributed by atoms with E-state index in [9.17, 15) is 4.79 Å². The molecule has 0 saturated carbocycles. The summed E-state index contributed by atoms with van der Waals surface area (Å²) in [5.41, 5.74) is 7.31. The second-order valence-corrected chi connectivity index (χ2v) is 5.76. The third-order valence-electron chi connectivity index (χ3n) is 3.50. The van der Waals surface area contributed by atoms with E-state index in [1.165, 1.54) is 11.8 Å². The Labute approximate surface area is 129 Å². The van der Waals surface area contributed by atoms with Gasteiger partial charge in [0.25, 0.3) is 0 Å². The Bertz CT molecular complexity index is 607. The van der Waals surface area contributed by atoms with Crippen molar-refractivity contribution in [3.8, 4) is 0 Å². The molecule has 2 rings (SSSR count). The van der Waals surface area contributed by atoms with Crippen molar-refractivity contribution in [3.63, 3.8) is 0 Å². The molecule has 0 fully saturated rings. The largest absolute Gasteiger partial charge is 0.369 e. The second kappa shape index (κ2) is 7.47. The zero-order valence-electron chi connectivity index (χ0n) is 12.6. The Morgan fingerprint density at radius 3 is 2.71 bits per heavy atom. The van der Waals surface area contributed by atoms with Gasteiger partial charge >= 0.3 is 0 Å². The molecule has 114 valence electrons. The van der Waals surface area contributed by atoms with Gasteiger partial charge in [0.05, 0.1) is 16.8 Å². The molecule has 0 bridgehead atoms. The molecule has 0 aliphatic rings. The van der Waals surface area contributed by atoms with Gasteiger partial charge in [-0.1, -0.05) is 37.7 Å². The number of hydrogen-bond donors (Lipinski definition) is 1. The van der Waals surface area contributed by atoms with E-state index in [0.717, 1.165) is 42.4 Å². The van der Waals surface area contributed by atoms with E-state index >= 15 is 0 Å². The molecule has 1 heterocycles. The summed E-state index contributed by atoms with van der Waals surface area (Å²) in [5.74, 6) is -0.0587. The Kier molecular flexibility index (Phi) is 5.64. The third kappa shape index (κ3) is 3.98. The van der Waals surface area contributed by atoms with E-state index in [4.69, 9.17) is 5.73 Å². The summed E-state index contributed by atoms with van der Waals surface area (Å²) in [6.45, 7) is 8.23. The highest BCUT2D eigenvalue weighted by Crippen LogP contribution is 2.23. The van der Waals surface area contributed by atoms with Gasteiger partial charge in [-0.3, -0.25) is 4.79 Å². The van der Waals surface area contributed by atoms with E-state index in [2.05, 4.69) is 34.4 Å². The van der Waals surface area contributed by atoms with Crippen molar-refractivity contribution in [3.05, 3.63) is 24.3 Å². The molecule has 2 aromatic rings. The SMILES string of the molecule is CCN(CC)CCn1c(SCC(N)=O)nc2ccccc21. The topological polar surface area (TPSA) is 64.2 Å². The quantitative estimate of drug-likeness (QED) is 0.757. The number of para-hydroxylation sites is 2. The molecule has 1 amide bonds. The minimum absolute atomic E-state index is 0.259. The summed E-state index contributed by atoms with van der Waals surface area (Å²) < 4.78 is 2.18. The predicted molar refractivity (Wildman–Crippen MR) is 87.4 cm³/mol. The van der Waals surface area contributed by atoms with Crippen LogP contribution in [0.15, 0.2) is 29.4 Å². The summed E-state index contributed by atoms with van der Waals surface area (Å²) in [4.78, 5) is 18.0. The molecule has 1 aromatic heterocycles. The van der Waals surface area contributed by atoms with Gasteiger partial charge in [-0.05, 0) is 25.2 Å². The number of thioether (sulfide) groups is 1. The Morgan fingerprint density at radius 2 is 2.05 bits per heavy atom. The van der Waals surface area contributed by atoms with E-state index in [-0.39, 0.29) is 11.7 Å². The van der Waals surface area contributed by atoms with Gasteiger partial charge < -0.3 is 15.2 Å². The first-order chi connectivity index (χ1) is 10.2. The molecular formula is C15H22N4OS. The predicted octanol–water partition coefficient (Wildman–Crippen LogP) is 1.96. The first kappa shape index (κ1) is 15.9. The van der Waals surface area contributed by atoms with Crippen LogP contribution in [0.25, 0.3) is 11.0 Å². The molecule has 0 aliphatic carbocycles. The van der Waals surface area contributed by atoms with Gasteiger partial charge in [0.15, 0.2) is 5.16 Å². The monoisotopic (exact) mass is 306 g/mol. The number of aromatic nitrogens is 2. The van der Waals surface area contributed by atoms with Crippen LogP contribution in [-0.4, -0.2) is 45.7 Å². The lowest BCUT2D eigenvalue weighted by atomic mass is 10.3. The number of carbonyl (C=O) groups excluding carboxylic acids is 1. The van der Waals surface area contributed by atoms with Gasteiger partial charge in [0.2, 0.25) is 5.91 Å². The zero-order chi connectivity index (χ0) is 15.2.